The molecule has 1 aromatic heterocycles. The molecule has 1 aliphatic rings. The molecular formula is C18H21N5O. The molecule has 2 heterocycles. The molecule has 0 N–H and O–H groups in total. The smallest absolute Gasteiger partial charge is 0.232 e. The summed E-state index contributed by atoms with van der Waals surface area (Å²) in [6.07, 6.45) is 5.18. The second kappa shape index (κ2) is 6.44. The van der Waals surface area contributed by atoms with Gasteiger partial charge in [0.15, 0.2) is 0 Å². The summed E-state index contributed by atoms with van der Waals surface area (Å²) in [5.74, 6) is 0.0856. The zero-order chi connectivity index (χ0) is 17.2. The molecule has 0 bridgehead atoms. The van der Waals surface area contributed by atoms with Crippen LogP contribution in [0.4, 0.5) is 0 Å². The zero-order valence-corrected chi connectivity index (χ0v) is 14.0. The first kappa shape index (κ1) is 16.2. The van der Waals surface area contributed by atoms with Crippen LogP contribution in [-0.2, 0) is 10.2 Å². The summed E-state index contributed by atoms with van der Waals surface area (Å²) in [5.41, 5.74) is 0.777. The van der Waals surface area contributed by atoms with Gasteiger partial charge in [-0.05, 0) is 44.4 Å². The highest BCUT2D eigenvalue weighted by Gasteiger charge is 2.36. The Bertz CT molecular complexity index is 760. The predicted octanol–water partition coefficient (Wildman–Crippen LogP) is 2.29. The van der Waals surface area contributed by atoms with Crippen LogP contribution in [0.5, 0.6) is 0 Å². The molecule has 6 heteroatoms. The lowest BCUT2D eigenvalue weighted by atomic mass is 9.82. The Morgan fingerprint density at radius 3 is 2.96 bits per heavy atom. The fourth-order valence-corrected chi connectivity index (χ4v) is 3.26. The van der Waals surface area contributed by atoms with E-state index in [2.05, 4.69) is 16.2 Å². The number of benzene rings is 1. The fourth-order valence-electron chi connectivity index (χ4n) is 3.26. The van der Waals surface area contributed by atoms with Gasteiger partial charge >= 0.3 is 0 Å². The van der Waals surface area contributed by atoms with Crippen LogP contribution in [-0.4, -0.2) is 38.7 Å². The summed E-state index contributed by atoms with van der Waals surface area (Å²) < 4.78 is 1.84. The first-order valence-electron chi connectivity index (χ1n) is 8.16. The van der Waals surface area contributed by atoms with Gasteiger partial charge in [0, 0.05) is 13.1 Å². The number of hydrogen-bond donors (Lipinski definition) is 0. The molecule has 0 spiro atoms. The Morgan fingerprint density at radius 1 is 1.42 bits per heavy atom. The topological polar surface area (TPSA) is 74.8 Å². The Labute approximate surface area is 141 Å². The molecule has 124 valence electrons. The highest BCUT2D eigenvalue weighted by atomic mass is 16.2. The van der Waals surface area contributed by atoms with Gasteiger partial charge in [0.1, 0.15) is 12.7 Å². The van der Waals surface area contributed by atoms with Gasteiger partial charge in [-0.3, -0.25) is 4.79 Å². The van der Waals surface area contributed by atoms with E-state index in [0.717, 1.165) is 24.9 Å². The second-order valence-corrected chi connectivity index (χ2v) is 6.74. The Hall–Kier alpha value is -2.68. The third kappa shape index (κ3) is 3.02. The van der Waals surface area contributed by atoms with E-state index in [9.17, 15) is 4.79 Å². The number of likely N-dealkylation sites (tertiary alicyclic amines) is 1. The third-order valence-electron chi connectivity index (χ3n) is 4.74. The molecule has 0 saturated carbocycles. The predicted molar refractivity (Wildman–Crippen MR) is 89.1 cm³/mol. The molecule has 1 aromatic carbocycles. The molecule has 1 atom stereocenters. The quantitative estimate of drug-likeness (QED) is 0.868. The third-order valence-corrected chi connectivity index (χ3v) is 4.74. The van der Waals surface area contributed by atoms with E-state index in [1.165, 1.54) is 6.33 Å². The standard InChI is InChI=1S/C18H21N5O/c1-18(2,15-6-3-5-14(9-15)10-19)17(24)22-8-4-7-16(11-22)23-13-20-12-21-23/h3,5-6,9,12-13,16H,4,7-8,11H2,1-2H3. The maximum Gasteiger partial charge on any atom is 0.232 e. The van der Waals surface area contributed by atoms with Crippen molar-refractivity contribution in [1.82, 2.24) is 19.7 Å². The summed E-state index contributed by atoms with van der Waals surface area (Å²) >= 11 is 0. The largest absolute Gasteiger partial charge is 0.340 e. The first-order valence-corrected chi connectivity index (χ1v) is 8.16. The fraction of sp³-hybridized carbons (Fsp3) is 0.444. The van der Waals surface area contributed by atoms with Crippen LogP contribution in [0.25, 0.3) is 0 Å². The van der Waals surface area contributed by atoms with Crippen molar-refractivity contribution in [1.29, 1.82) is 5.26 Å². The van der Waals surface area contributed by atoms with Crippen molar-refractivity contribution in [2.45, 2.75) is 38.1 Å². The maximum absolute atomic E-state index is 13.1. The van der Waals surface area contributed by atoms with E-state index in [1.54, 1.807) is 18.5 Å². The minimum Gasteiger partial charge on any atom is -0.340 e. The van der Waals surface area contributed by atoms with Gasteiger partial charge in [0.2, 0.25) is 5.91 Å². The Kier molecular flexibility index (Phi) is 4.34. The molecule has 0 radical (unpaired) electrons. The lowest BCUT2D eigenvalue weighted by Gasteiger charge is -2.37. The number of nitrogens with zero attached hydrogens (tertiary/aromatic N) is 5. The van der Waals surface area contributed by atoms with Crippen molar-refractivity contribution < 1.29 is 4.79 Å². The van der Waals surface area contributed by atoms with Gasteiger partial charge in [-0.1, -0.05) is 12.1 Å². The molecule has 1 unspecified atom stereocenters. The van der Waals surface area contributed by atoms with Crippen molar-refractivity contribution in [2.75, 3.05) is 13.1 Å². The van der Waals surface area contributed by atoms with E-state index < -0.39 is 5.41 Å². The van der Waals surface area contributed by atoms with Gasteiger partial charge in [-0.15, -0.1) is 0 Å². The number of hydrogen-bond acceptors (Lipinski definition) is 4. The van der Waals surface area contributed by atoms with Crippen molar-refractivity contribution >= 4 is 5.91 Å². The number of rotatable bonds is 3. The molecule has 1 saturated heterocycles. The lowest BCUT2D eigenvalue weighted by molar-refractivity contribution is -0.138. The molecule has 1 aliphatic heterocycles. The van der Waals surface area contributed by atoms with Gasteiger partial charge in [-0.2, -0.15) is 10.4 Å². The summed E-state index contributed by atoms with van der Waals surface area (Å²) in [6, 6.07) is 9.62. The van der Waals surface area contributed by atoms with Gasteiger partial charge in [-0.25, -0.2) is 9.67 Å². The maximum atomic E-state index is 13.1. The van der Waals surface area contributed by atoms with E-state index in [0.29, 0.717) is 12.1 Å². The minimum absolute atomic E-state index is 0.0856. The zero-order valence-electron chi connectivity index (χ0n) is 14.0. The van der Waals surface area contributed by atoms with Crippen LogP contribution in [0.3, 0.4) is 0 Å². The van der Waals surface area contributed by atoms with Crippen LogP contribution in [0.2, 0.25) is 0 Å². The van der Waals surface area contributed by atoms with Gasteiger partial charge in [0.25, 0.3) is 0 Å². The molecule has 6 nitrogen and oxygen atoms in total. The number of carbonyl (C=O) groups is 1. The van der Waals surface area contributed by atoms with Gasteiger partial charge in [0.05, 0.1) is 23.1 Å². The summed E-state index contributed by atoms with van der Waals surface area (Å²) in [4.78, 5) is 19.0. The van der Waals surface area contributed by atoms with Crippen molar-refractivity contribution in [3.8, 4) is 6.07 Å². The van der Waals surface area contributed by atoms with Crippen molar-refractivity contribution in [3.63, 3.8) is 0 Å². The number of carbonyl (C=O) groups excluding carboxylic acids is 1. The van der Waals surface area contributed by atoms with Crippen LogP contribution in [0.15, 0.2) is 36.9 Å². The van der Waals surface area contributed by atoms with Crippen LogP contribution in [0.1, 0.15) is 43.9 Å². The van der Waals surface area contributed by atoms with E-state index >= 15 is 0 Å². The van der Waals surface area contributed by atoms with Crippen LogP contribution >= 0.6 is 0 Å². The normalized spacial score (nSPS) is 18.2. The Morgan fingerprint density at radius 2 is 2.25 bits per heavy atom. The lowest BCUT2D eigenvalue weighted by Crippen LogP contribution is -2.48. The number of aromatic nitrogens is 3. The molecule has 3 rings (SSSR count). The van der Waals surface area contributed by atoms with Crippen LogP contribution < -0.4 is 0 Å². The average molecular weight is 323 g/mol. The molecule has 0 aliphatic carbocycles. The van der Waals surface area contributed by atoms with Crippen LogP contribution in [0, 0.1) is 11.3 Å². The molecule has 1 fully saturated rings. The average Bonchev–Trinajstić information content (AvgIpc) is 3.16. The number of amides is 1. The molecule has 2 aromatic rings. The summed E-state index contributed by atoms with van der Waals surface area (Å²) in [6.45, 7) is 5.24. The van der Waals surface area contributed by atoms with E-state index in [4.69, 9.17) is 5.26 Å². The molecular weight excluding hydrogens is 302 g/mol. The first-order chi connectivity index (χ1) is 11.5. The highest BCUT2D eigenvalue weighted by Crippen LogP contribution is 2.29. The van der Waals surface area contributed by atoms with Gasteiger partial charge < -0.3 is 4.90 Å². The van der Waals surface area contributed by atoms with Crippen molar-refractivity contribution in [2.24, 2.45) is 0 Å². The highest BCUT2D eigenvalue weighted by molar-refractivity contribution is 5.87. The SMILES string of the molecule is CC(C)(C(=O)N1CCCC(n2cncn2)C1)c1cccc(C#N)c1. The van der Waals surface area contributed by atoms with Crippen molar-refractivity contribution in [3.05, 3.63) is 48.0 Å². The number of nitriles is 1. The monoisotopic (exact) mass is 323 g/mol. The Balaban J connectivity index is 1.80. The molecule has 24 heavy (non-hydrogen) atoms. The summed E-state index contributed by atoms with van der Waals surface area (Å²) in [5, 5.41) is 13.3. The summed E-state index contributed by atoms with van der Waals surface area (Å²) in [7, 11) is 0. The minimum atomic E-state index is -0.670. The van der Waals surface area contributed by atoms with E-state index in [1.807, 2.05) is 35.6 Å². The second-order valence-electron chi connectivity index (χ2n) is 6.74. The number of piperidine rings is 1. The molecule has 1 amide bonds. The van der Waals surface area contributed by atoms with E-state index in [-0.39, 0.29) is 11.9 Å².